The molecule has 0 saturated carbocycles. The van der Waals surface area contributed by atoms with E-state index < -0.39 is 11.7 Å². The molecular weight excluding hydrogens is 391 g/mol. The molecule has 0 aliphatic heterocycles. The van der Waals surface area contributed by atoms with E-state index in [9.17, 15) is 18.0 Å². The Morgan fingerprint density at radius 1 is 1.07 bits per heavy atom. The molecule has 1 amide bonds. The zero-order valence-electron chi connectivity index (χ0n) is 14.2. The van der Waals surface area contributed by atoms with Gasteiger partial charge in [-0.2, -0.15) is 13.2 Å². The lowest BCUT2D eigenvalue weighted by Gasteiger charge is -2.08. The number of nitrogens with zero attached hydrogens (tertiary/aromatic N) is 2. The fraction of sp³-hybridized carbons (Fsp3) is 0.105. The Morgan fingerprint density at radius 2 is 1.82 bits per heavy atom. The number of hydrogen-bond donors (Lipinski definition) is 1. The second-order valence-electron chi connectivity index (χ2n) is 5.87. The molecule has 4 rings (SSSR count). The predicted molar refractivity (Wildman–Crippen MR) is 100 cm³/mol. The molecule has 142 valence electrons. The van der Waals surface area contributed by atoms with E-state index >= 15 is 0 Å². The van der Waals surface area contributed by atoms with Gasteiger partial charge in [0.05, 0.1) is 11.3 Å². The first-order valence-electron chi connectivity index (χ1n) is 8.14. The standard InChI is InChI=1S/C19H12F3N3O2S/c20-19(21,22)11-5-7-12(8-6-11)25-15(26)9-28-18-17-16(23-10-24-18)13-3-1-2-4-14(13)27-17/h1-8,10H,9H2,(H,25,26). The molecule has 0 fully saturated rings. The maximum absolute atomic E-state index is 12.6. The van der Waals surface area contributed by atoms with Crippen molar-refractivity contribution in [2.75, 3.05) is 11.1 Å². The molecule has 0 atom stereocenters. The number of carbonyl (C=O) groups excluding carboxylic acids is 1. The summed E-state index contributed by atoms with van der Waals surface area (Å²) in [7, 11) is 0. The van der Waals surface area contributed by atoms with Crippen LogP contribution < -0.4 is 5.32 Å². The van der Waals surface area contributed by atoms with Crippen molar-refractivity contribution in [2.24, 2.45) is 0 Å². The fourth-order valence-corrected chi connectivity index (χ4v) is 3.41. The van der Waals surface area contributed by atoms with Gasteiger partial charge in [-0.1, -0.05) is 23.9 Å². The molecular formula is C19H12F3N3O2S. The zero-order valence-corrected chi connectivity index (χ0v) is 15.0. The number of hydrogen-bond acceptors (Lipinski definition) is 5. The maximum atomic E-state index is 12.6. The number of carbonyl (C=O) groups is 1. The Labute approximate surface area is 161 Å². The molecule has 0 bridgehead atoms. The second kappa shape index (κ2) is 7.16. The molecule has 0 unspecified atom stereocenters. The number of halogens is 3. The van der Waals surface area contributed by atoms with E-state index in [1.54, 1.807) is 0 Å². The van der Waals surface area contributed by atoms with E-state index in [4.69, 9.17) is 4.42 Å². The summed E-state index contributed by atoms with van der Waals surface area (Å²) < 4.78 is 43.5. The van der Waals surface area contributed by atoms with Crippen molar-refractivity contribution in [3.8, 4) is 0 Å². The average molecular weight is 403 g/mol. The summed E-state index contributed by atoms with van der Waals surface area (Å²) in [5.74, 6) is -0.350. The third kappa shape index (κ3) is 3.65. The van der Waals surface area contributed by atoms with Gasteiger partial charge in [0.1, 0.15) is 22.5 Å². The first-order valence-corrected chi connectivity index (χ1v) is 9.12. The minimum absolute atomic E-state index is 0.0180. The predicted octanol–water partition coefficient (Wildman–Crippen LogP) is 5.13. The highest BCUT2D eigenvalue weighted by Crippen LogP contribution is 2.32. The van der Waals surface area contributed by atoms with Crippen LogP contribution in [0.2, 0.25) is 0 Å². The van der Waals surface area contributed by atoms with Crippen LogP contribution in [-0.4, -0.2) is 21.6 Å². The van der Waals surface area contributed by atoms with E-state index in [0.717, 1.165) is 29.3 Å². The zero-order chi connectivity index (χ0) is 19.7. The molecule has 28 heavy (non-hydrogen) atoms. The monoisotopic (exact) mass is 403 g/mol. The van der Waals surface area contributed by atoms with E-state index in [1.807, 2.05) is 24.3 Å². The molecule has 0 aliphatic rings. The molecule has 0 radical (unpaired) electrons. The third-order valence-corrected chi connectivity index (χ3v) is 4.93. The van der Waals surface area contributed by atoms with Crippen molar-refractivity contribution in [3.63, 3.8) is 0 Å². The molecule has 4 aromatic rings. The smallest absolute Gasteiger partial charge is 0.416 e. The van der Waals surface area contributed by atoms with E-state index in [0.29, 0.717) is 21.7 Å². The van der Waals surface area contributed by atoms with Crippen molar-refractivity contribution < 1.29 is 22.4 Å². The highest BCUT2D eigenvalue weighted by molar-refractivity contribution is 8.00. The first-order chi connectivity index (χ1) is 13.4. The third-order valence-electron chi connectivity index (χ3n) is 3.96. The van der Waals surface area contributed by atoms with Crippen LogP contribution in [0.3, 0.4) is 0 Å². The normalized spacial score (nSPS) is 11.8. The lowest BCUT2D eigenvalue weighted by atomic mass is 10.2. The summed E-state index contributed by atoms with van der Waals surface area (Å²) in [4.78, 5) is 20.6. The van der Waals surface area contributed by atoms with Crippen LogP contribution in [0.1, 0.15) is 5.56 Å². The van der Waals surface area contributed by atoms with Crippen molar-refractivity contribution in [1.82, 2.24) is 9.97 Å². The maximum Gasteiger partial charge on any atom is 0.416 e. The number of amides is 1. The van der Waals surface area contributed by atoms with Gasteiger partial charge in [0.15, 0.2) is 5.58 Å². The summed E-state index contributed by atoms with van der Waals surface area (Å²) >= 11 is 1.16. The van der Waals surface area contributed by atoms with Gasteiger partial charge in [-0.25, -0.2) is 9.97 Å². The number of fused-ring (bicyclic) bond motifs is 3. The highest BCUT2D eigenvalue weighted by atomic mass is 32.2. The molecule has 9 heteroatoms. The number of furan rings is 1. The Hall–Kier alpha value is -3.07. The highest BCUT2D eigenvalue weighted by Gasteiger charge is 2.30. The van der Waals surface area contributed by atoms with Crippen LogP contribution in [0.25, 0.3) is 22.1 Å². The van der Waals surface area contributed by atoms with Gasteiger partial charge >= 0.3 is 6.18 Å². The molecule has 1 N–H and O–H groups in total. The van der Waals surface area contributed by atoms with Gasteiger partial charge in [0.2, 0.25) is 5.91 Å². The summed E-state index contributed by atoms with van der Waals surface area (Å²) in [5.41, 5.74) is 1.35. The van der Waals surface area contributed by atoms with E-state index in [2.05, 4.69) is 15.3 Å². The van der Waals surface area contributed by atoms with Crippen LogP contribution in [-0.2, 0) is 11.0 Å². The lowest BCUT2D eigenvalue weighted by molar-refractivity contribution is -0.137. The molecule has 0 spiro atoms. The Kier molecular flexibility index (Phi) is 4.68. The van der Waals surface area contributed by atoms with Gasteiger partial charge in [-0.15, -0.1) is 0 Å². The largest absolute Gasteiger partial charge is 0.451 e. The van der Waals surface area contributed by atoms with Crippen molar-refractivity contribution >= 4 is 45.4 Å². The van der Waals surface area contributed by atoms with Crippen molar-refractivity contribution in [2.45, 2.75) is 11.2 Å². The summed E-state index contributed by atoms with van der Waals surface area (Å²) in [6, 6.07) is 11.7. The second-order valence-corrected chi connectivity index (χ2v) is 6.83. The number of aromatic nitrogens is 2. The van der Waals surface area contributed by atoms with Gasteiger partial charge in [-0.05, 0) is 36.4 Å². The van der Waals surface area contributed by atoms with Crippen molar-refractivity contribution in [3.05, 3.63) is 60.4 Å². The van der Waals surface area contributed by atoms with Crippen molar-refractivity contribution in [1.29, 1.82) is 0 Å². The minimum atomic E-state index is -4.41. The first kappa shape index (κ1) is 18.3. The Morgan fingerprint density at radius 3 is 2.57 bits per heavy atom. The van der Waals surface area contributed by atoms with Gasteiger partial charge in [0, 0.05) is 11.1 Å². The number of rotatable bonds is 4. The molecule has 0 saturated heterocycles. The fourth-order valence-electron chi connectivity index (χ4n) is 2.68. The SMILES string of the molecule is O=C(CSc1ncnc2c1oc1ccccc12)Nc1ccc(C(F)(F)F)cc1. The van der Waals surface area contributed by atoms with Gasteiger partial charge in [-0.3, -0.25) is 4.79 Å². The number of anilines is 1. The minimum Gasteiger partial charge on any atom is -0.451 e. The average Bonchev–Trinajstić information content (AvgIpc) is 3.05. The van der Waals surface area contributed by atoms with Crippen LogP contribution in [0.5, 0.6) is 0 Å². The van der Waals surface area contributed by atoms with Crippen LogP contribution in [0.15, 0.2) is 64.3 Å². The van der Waals surface area contributed by atoms with Crippen LogP contribution in [0, 0.1) is 0 Å². The number of thioether (sulfide) groups is 1. The number of nitrogens with one attached hydrogen (secondary N) is 1. The topological polar surface area (TPSA) is 68.0 Å². The van der Waals surface area contributed by atoms with E-state index in [-0.39, 0.29) is 17.3 Å². The Bertz CT molecular complexity index is 1160. The summed E-state index contributed by atoms with van der Waals surface area (Å²) in [5, 5.41) is 3.94. The Balaban J connectivity index is 1.46. The molecule has 2 aromatic heterocycles. The lowest BCUT2D eigenvalue weighted by Crippen LogP contribution is -2.14. The number of para-hydroxylation sites is 1. The molecule has 2 heterocycles. The summed E-state index contributed by atoms with van der Waals surface area (Å²) in [6.07, 6.45) is -3.01. The molecule has 5 nitrogen and oxygen atoms in total. The number of alkyl halides is 3. The van der Waals surface area contributed by atoms with Crippen LogP contribution >= 0.6 is 11.8 Å². The quantitative estimate of drug-likeness (QED) is 0.378. The van der Waals surface area contributed by atoms with Crippen LogP contribution in [0.4, 0.5) is 18.9 Å². The van der Waals surface area contributed by atoms with E-state index in [1.165, 1.54) is 18.5 Å². The molecule has 2 aromatic carbocycles. The molecule has 0 aliphatic carbocycles. The van der Waals surface area contributed by atoms with Gasteiger partial charge in [0.25, 0.3) is 0 Å². The summed E-state index contributed by atoms with van der Waals surface area (Å²) in [6.45, 7) is 0. The number of benzene rings is 2. The van der Waals surface area contributed by atoms with Gasteiger partial charge < -0.3 is 9.73 Å².